The smallest absolute Gasteiger partial charge is 0.320 e. The number of carboxylic acid groups (broad SMARTS) is 1. The van der Waals surface area contributed by atoms with Crippen molar-refractivity contribution in [3.05, 3.63) is 0 Å². The van der Waals surface area contributed by atoms with Crippen LogP contribution in [0.4, 0.5) is 0 Å². The van der Waals surface area contributed by atoms with Gasteiger partial charge in [-0.3, -0.25) is 10.1 Å². The zero-order chi connectivity index (χ0) is 8.27. The van der Waals surface area contributed by atoms with Gasteiger partial charge in [0.2, 0.25) is 0 Å². The van der Waals surface area contributed by atoms with Gasteiger partial charge in [0, 0.05) is 0 Å². The van der Waals surface area contributed by atoms with Crippen molar-refractivity contribution in [3.63, 3.8) is 0 Å². The van der Waals surface area contributed by atoms with Crippen molar-refractivity contribution >= 4 is 18.4 Å². The quantitative estimate of drug-likeness (QED) is 0.600. The number of hydrogen-bond acceptors (Lipinski definition) is 3. The SMILES string of the molecule is CCNC1CC[C@@H](C(=O)O)N1.Cl. The zero-order valence-electron chi connectivity index (χ0n) is 7.04. The van der Waals surface area contributed by atoms with Crippen molar-refractivity contribution in [2.24, 2.45) is 0 Å². The first-order chi connectivity index (χ1) is 5.24. The summed E-state index contributed by atoms with van der Waals surface area (Å²) in [5, 5.41) is 14.7. The molecule has 4 nitrogen and oxygen atoms in total. The molecule has 1 heterocycles. The predicted octanol–water partition coefficient (Wildman–Crippen LogP) is 0.180. The molecule has 0 aromatic carbocycles. The Morgan fingerprint density at radius 2 is 2.33 bits per heavy atom. The first-order valence-corrected chi connectivity index (χ1v) is 3.96. The minimum atomic E-state index is -0.745. The first-order valence-electron chi connectivity index (χ1n) is 3.96. The maximum atomic E-state index is 10.5. The monoisotopic (exact) mass is 194 g/mol. The van der Waals surface area contributed by atoms with E-state index in [9.17, 15) is 4.79 Å². The number of carboxylic acids is 1. The highest BCUT2D eigenvalue weighted by Gasteiger charge is 2.27. The molecule has 0 bridgehead atoms. The molecule has 12 heavy (non-hydrogen) atoms. The Balaban J connectivity index is 0.00000121. The van der Waals surface area contributed by atoms with Crippen molar-refractivity contribution in [1.29, 1.82) is 0 Å². The van der Waals surface area contributed by atoms with Crippen molar-refractivity contribution in [3.8, 4) is 0 Å². The van der Waals surface area contributed by atoms with Crippen molar-refractivity contribution in [1.82, 2.24) is 10.6 Å². The van der Waals surface area contributed by atoms with Gasteiger partial charge in [-0.05, 0) is 19.4 Å². The number of halogens is 1. The van der Waals surface area contributed by atoms with E-state index in [0.717, 1.165) is 19.4 Å². The Morgan fingerprint density at radius 3 is 2.75 bits per heavy atom. The number of carbonyl (C=O) groups is 1. The molecular weight excluding hydrogens is 180 g/mol. The van der Waals surface area contributed by atoms with Crippen molar-refractivity contribution in [2.75, 3.05) is 6.54 Å². The van der Waals surface area contributed by atoms with Gasteiger partial charge in [0.15, 0.2) is 0 Å². The molecule has 0 spiro atoms. The van der Waals surface area contributed by atoms with E-state index in [1.807, 2.05) is 6.92 Å². The summed E-state index contributed by atoms with van der Waals surface area (Å²) >= 11 is 0. The van der Waals surface area contributed by atoms with Gasteiger partial charge in [-0.25, -0.2) is 0 Å². The molecule has 1 rings (SSSR count). The Labute approximate surface area is 78.1 Å². The van der Waals surface area contributed by atoms with E-state index in [2.05, 4.69) is 10.6 Å². The first kappa shape index (κ1) is 11.7. The second-order valence-corrected chi connectivity index (χ2v) is 2.75. The van der Waals surface area contributed by atoms with Crippen LogP contribution in [0.15, 0.2) is 0 Å². The summed E-state index contributed by atoms with van der Waals surface area (Å²) in [6, 6.07) is -0.348. The third-order valence-electron chi connectivity index (χ3n) is 1.90. The molecule has 0 amide bonds. The van der Waals surface area contributed by atoms with Gasteiger partial charge in [0.25, 0.3) is 0 Å². The van der Waals surface area contributed by atoms with E-state index < -0.39 is 5.97 Å². The van der Waals surface area contributed by atoms with E-state index in [4.69, 9.17) is 5.11 Å². The highest BCUT2D eigenvalue weighted by atomic mass is 35.5. The van der Waals surface area contributed by atoms with Gasteiger partial charge in [-0.1, -0.05) is 6.92 Å². The largest absolute Gasteiger partial charge is 0.480 e. The van der Waals surface area contributed by atoms with Gasteiger partial charge >= 0.3 is 5.97 Å². The maximum absolute atomic E-state index is 10.5. The van der Waals surface area contributed by atoms with Gasteiger partial charge in [-0.2, -0.15) is 0 Å². The van der Waals surface area contributed by atoms with Gasteiger partial charge in [-0.15, -0.1) is 12.4 Å². The van der Waals surface area contributed by atoms with Crippen LogP contribution in [0.1, 0.15) is 19.8 Å². The van der Waals surface area contributed by atoms with E-state index in [-0.39, 0.29) is 24.6 Å². The summed E-state index contributed by atoms with van der Waals surface area (Å²) in [5.74, 6) is -0.745. The Bertz CT molecular complexity index is 154. The normalized spacial score (nSPS) is 28.1. The lowest BCUT2D eigenvalue weighted by atomic mass is 10.2. The van der Waals surface area contributed by atoms with Crippen LogP contribution in [0.5, 0.6) is 0 Å². The number of hydrogen-bond donors (Lipinski definition) is 3. The minimum absolute atomic E-state index is 0. The summed E-state index contributed by atoms with van der Waals surface area (Å²) in [7, 11) is 0. The lowest BCUT2D eigenvalue weighted by molar-refractivity contribution is -0.139. The molecule has 5 heteroatoms. The van der Waals surface area contributed by atoms with Crippen LogP contribution >= 0.6 is 12.4 Å². The van der Waals surface area contributed by atoms with Crippen LogP contribution < -0.4 is 10.6 Å². The van der Waals surface area contributed by atoms with Gasteiger partial charge in [0.05, 0.1) is 6.17 Å². The van der Waals surface area contributed by atoms with Crippen molar-refractivity contribution in [2.45, 2.75) is 32.0 Å². The van der Waals surface area contributed by atoms with Gasteiger partial charge in [0.1, 0.15) is 6.04 Å². The lowest BCUT2D eigenvalue weighted by Gasteiger charge is -2.11. The molecule has 0 aromatic rings. The maximum Gasteiger partial charge on any atom is 0.320 e. The molecule has 1 fully saturated rings. The average Bonchev–Trinajstić information content (AvgIpc) is 2.37. The highest BCUT2D eigenvalue weighted by molar-refractivity contribution is 5.85. The minimum Gasteiger partial charge on any atom is -0.480 e. The molecule has 1 unspecified atom stereocenters. The van der Waals surface area contributed by atoms with Crippen molar-refractivity contribution < 1.29 is 9.90 Å². The molecular formula is C7H15ClN2O2. The van der Waals surface area contributed by atoms with E-state index in [1.165, 1.54) is 0 Å². The second kappa shape index (κ2) is 5.35. The molecule has 1 aliphatic rings. The van der Waals surface area contributed by atoms with Crippen LogP contribution in [0.2, 0.25) is 0 Å². The molecule has 0 radical (unpaired) electrons. The molecule has 1 saturated heterocycles. The molecule has 1 aliphatic heterocycles. The number of nitrogens with one attached hydrogen (secondary N) is 2. The highest BCUT2D eigenvalue weighted by Crippen LogP contribution is 2.09. The summed E-state index contributed by atoms with van der Waals surface area (Å²) < 4.78 is 0. The molecule has 72 valence electrons. The molecule has 0 saturated carbocycles. The fourth-order valence-electron chi connectivity index (χ4n) is 1.35. The van der Waals surface area contributed by atoms with E-state index >= 15 is 0 Å². The fourth-order valence-corrected chi connectivity index (χ4v) is 1.35. The second-order valence-electron chi connectivity index (χ2n) is 2.75. The Morgan fingerprint density at radius 1 is 1.67 bits per heavy atom. The van der Waals surface area contributed by atoms with E-state index in [0.29, 0.717) is 0 Å². The molecule has 3 N–H and O–H groups in total. The van der Waals surface area contributed by atoms with E-state index in [1.54, 1.807) is 0 Å². The lowest BCUT2D eigenvalue weighted by Crippen LogP contribution is -2.43. The number of rotatable bonds is 3. The average molecular weight is 195 g/mol. The Kier molecular flexibility index (Phi) is 5.20. The molecule has 2 atom stereocenters. The third-order valence-corrected chi connectivity index (χ3v) is 1.90. The topological polar surface area (TPSA) is 61.4 Å². The van der Waals surface area contributed by atoms with Crippen LogP contribution in [0, 0.1) is 0 Å². The fraction of sp³-hybridized carbons (Fsp3) is 0.857. The summed E-state index contributed by atoms with van der Waals surface area (Å²) in [4.78, 5) is 10.5. The predicted molar refractivity (Wildman–Crippen MR) is 48.5 cm³/mol. The standard InChI is InChI=1S/C7H14N2O2.ClH/c1-2-8-6-4-3-5(9-6)7(10)11;/h5-6,8-9H,2-4H2,1H3,(H,10,11);1H/t5-,6?;/m0./s1. The third kappa shape index (κ3) is 2.97. The molecule has 0 aromatic heterocycles. The zero-order valence-corrected chi connectivity index (χ0v) is 7.86. The Hall–Kier alpha value is -0.320. The molecule has 0 aliphatic carbocycles. The van der Waals surface area contributed by atoms with Crippen LogP contribution in [-0.2, 0) is 4.79 Å². The van der Waals surface area contributed by atoms with Crippen LogP contribution in [-0.4, -0.2) is 29.8 Å². The summed E-state index contributed by atoms with van der Waals surface area (Å²) in [6.45, 7) is 2.89. The van der Waals surface area contributed by atoms with Gasteiger partial charge < -0.3 is 10.4 Å². The van der Waals surface area contributed by atoms with Crippen LogP contribution in [0.3, 0.4) is 0 Å². The van der Waals surface area contributed by atoms with Crippen LogP contribution in [0.25, 0.3) is 0 Å². The summed E-state index contributed by atoms with van der Waals surface area (Å²) in [6.07, 6.45) is 1.83. The summed E-state index contributed by atoms with van der Waals surface area (Å²) in [5.41, 5.74) is 0. The number of aliphatic carboxylic acids is 1.